The van der Waals surface area contributed by atoms with E-state index in [2.05, 4.69) is 240 Å². The zero-order valence-corrected chi connectivity index (χ0v) is 35.3. The Bertz CT molecular complexity index is 3590. The first-order valence-electron chi connectivity index (χ1n) is 21.0. The van der Waals surface area contributed by atoms with Crippen molar-refractivity contribution in [3.05, 3.63) is 231 Å². The van der Waals surface area contributed by atoms with Crippen molar-refractivity contribution in [1.29, 1.82) is 0 Å². The lowest BCUT2D eigenvalue weighted by molar-refractivity contribution is 1.25. The lowest BCUT2D eigenvalue weighted by Crippen LogP contribution is -2.13. The van der Waals surface area contributed by atoms with E-state index in [0.29, 0.717) is 0 Å². The molecule has 292 valence electrons. The molecule has 0 spiro atoms. The molecule has 12 aromatic rings. The van der Waals surface area contributed by atoms with Gasteiger partial charge in [-0.3, -0.25) is 0 Å². The SMILES string of the molecule is c1ccc(-c2ccc(N(c3cc(-c4ccc5sc6ccccc6c5c4)cc(N(c4ccccc4)c4ccc5ccccc5c4)c3)c3ccc4c(c3)sc3ccccc34)cc2)cc1. The minimum Gasteiger partial charge on any atom is -0.310 e. The maximum atomic E-state index is 2.44. The monoisotopic (exact) mass is 826 g/mol. The van der Waals surface area contributed by atoms with Crippen LogP contribution in [0.25, 0.3) is 73.4 Å². The molecule has 0 saturated carbocycles. The van der Waals surface area contributed by atoms with Crippen LogP contribution in [0.5, 0.6) is 0 Å². The molecule has 10 aromatic carbocycles. The molecule has 0 amide bonds. The number of fused-ring (bicyclic) bond motifs is 7. The summed E-state index contributed by atoms with van der Waals surface area (Å²) in [6.07, 6.45) is 0. The summed E-state index contributed by atoms with van der Waals surface area (Å²) in [6, 6.07) is 84.4. The van der Waals surface area contributed by atoms with Crippen molar-refractivity contribution in [3.63, 3.8) is 0 Å². The van der Waals surface area contributed by atoms with E-state index in [9.17, 15) is 0 Å². The number of nitrogens with zero attached hydrogens (tertiary/aromatic N) is 2. The minimum absolute atomic E-state index is 1.07. The number of hydrogen-bond donors (Lipinski definition) is 0. The van der Waals surface area contributed by atoms with Gasteiger partial charge >= 0.3 is 0 Å². The molecule has 0 aliphatic heterocycles. The molecule has 62 heavy (non-hydrogen) atoms. The first-order chi connectivity index (χ1) is 30.7. The summed E-state index contributed by atoms with van der Waals surface area (Å²) in [4.78, 5) is 4.84. The molecule has 0 saturated heterocycles. The molecule has 0 aliphatic rings. The number of thiophene rings is 2. The van der Waals surface area contributed by atoms with Crippen molar-refractivity contribution in [2.45, 2.75) is 0 Å². The van der Waals surface area contributed by atoms with Gasteiger partial charge < -0.3 is 9.80 Å². The standard InChI is InChI=1S/C58H38N2S2/c1-3-13-39(14-4-1)41-23-27-46(28-24-41)60(48-30-31-53-51-19-9-11-21-55(51)62-58(53)38-48)50-35-44(43-26-32-57-54(36-43)52-20-10-12-22-56(52)61-57)34-49(37-50)59(45-17-5-2-6-18-45)47-29-25-40-15-7-8-16-42(40)33-47/h1-38H. The molecule has 2 heterocycles. The molecular weight excluding hydrogens is 789 g/mol. The molecule has 0 fully saturated rings. The van der Waals surface area contributed by atoms with Gasteiger partial charge in [0.25, 0.3) is 0 Å². The summed E-state index contributed by atoms with van der Waals surface area (Å²) in [7, 11) is 0. The van der Waals surface area contributed by atoms with Gasteiger partial charge in [0.15, 0.2) is 0 Å². The van der Waals surface area contributed by atoms with E-state index < -0.39 is 0 Å². The van der Waals surface area contributed by atoms with Gasteiger partial charge in [-0.25, -0.2) is 0 Å². The van der Waals surface area contributed by atoms with Gasteiger partial charge in [-0.2, -0.15) is 0 Å². The Kier molecular flexibility index (Phi) is 8.91. The van der Waals surface area contributed by atoms with Gasteiger partial charge in [0.1, 0.15) is 0 Å². The number of benzene rings is 10. The van der Waals surface area contributed by atoms with Crippen LogP contribution in [0.2, 0.25) is 0 Å². The molecular formula is C58H38N2S2. The Morgan fingerprint density at radius 2 is 0.726 bits per heavy atom. The highest BCUT2D eigenvalue weighted by Gasteiger charge is 2.21. The highest BCUT2D eigenvalue weighted by molar-refractivity contribution is 7.26. The Hall–Kier alpha value is -7.50. The summed E-state index contributed by atoms with van der Waals surface area (Å²) in [6.45, 7) is 0. The first-order valence-corrected chi connectivity index (χ1v) is 22.6. The molecule has 4 heteroatoms. The van der Waals surface area contributed by atoms with Crippen molar-refractivity contribution in [2.75, 3.05) is 9.80 Å². The average molecular weight is 827 g/mol. The fourth-order valence-electron chi connectivity index (χ4n) is 9.00. The van der Waals surface area contributed by atoms with Crippen molar-refractivity contribution in [2.24, 2.45) is 0 Å². The van der Waals surface area contributed by atoms with Gasteiger partial charge in [0.05, 0.1) is 0 Å². The molecule has 0 unspecified atom stereocenters. The van der Waals surface area contributed by atoms with E-state index in [4.69, 9.17) is 0 Å². The largest absolute Gasteiger partial charge is 0.310 e. The Morgan fingerprint density at radius 3 is 1.47 bits per heavy atom. The lowest BCUT2D eigenvalue weighted by Gasteiger charge is -2.30. The summed E-state index contributed by atoms with van der Waals surface area (Å²) >= 11 is 3.71. The van der Waals surface area contributed by atoms with Crippen LogP contribution in [0, 0.1) is 0 Å². The molecule has 0 bridgehead atoms. The van der Waals surface area contributed by atoms with Crippen molar-refractivity contribution < 1.29 is 0 Å². The quantitative estimate of drug-likeness (QED) is 0.151. The Morgan fingerprint density at radius 1 is 0.226 bits per heavy atom. The number of rotatable bonds is 8. The summed E-state index contributed by atoms with van der Waals surface area (Å²) < 4.78 is 5.17. The fraction of sp³-hybridized carbons (Fsp3) is 0. The van der Waals surface area contributed by atoms with E-state index in [-0.39, 0.29) is 0 Å². The smallest absolute Gasteiger partial charge is 0.0488 e. The maximum Gasteiger partial charge on any atom is 0.0488 e. The van der Waals surface area contributed by atoms with Gasteiger partial charge in [-0.1, -0.05) is 140 Å². The minimum atomic E-state index is 1.07. The topological polar surface area (TPSA) is 6.48 Å². The predicted octanol–water partition coefficient (Wildman–Crippen LogP) is 17.8. The number of anilines is 6. The van der Waals surface area contributed by atoms with Crippen LogP contribution in [0.1, 0.15) is 0 Å². The lowest BCUT2D eigenvalue weighted by atomic mass is 9.99. The van der Waals surface area contributed by atoms with E-state index >= 15 is 0 Å². The van der Waals surface area contributed by atoms with Crippen LogP contribution >= 0.6 is 22.7 Å². The van der Waals surface area contributed by atoms with Crippen molar-refractivity contribution in [1.82, 2.24) is 0 Å². The van der Waals surface area contributed by atoms with Crippen LogP contribution in [-0.4, -0.2) is 0 Å². The summed E-state index contributed by atoms with van der Waals surface area (Å²) in [5, 5.41) is 7.58. The van der Waals surface area contributed by atoms with Crippen LogP contribution in [0.15, 0.2) is 231 Å². The van der Waals surface area contributed by atoms with Crippen molar-refractivity contribution >= 4 is 108 Å². The Balaban J connectivity index is 1.11. The molecule has 0 aliphatic carbocycles. The van der Waals surface area contributed by atoms with E-state index in [1.165, 1.54) is 67.8 Å². The van der Waals surface area contributed by atoms with E-state index in [0.717, 1.165) is 39.7 Å². The molecule has 0 N–H and O–H groups in total. The van der Waals surface area contributed by atoms with Crippen molar-refractivity contribution in [3.8, 4) is 22.3 Å². The third-order valence-corrected chi connectivity index (χ3v) is 14.3. The first kappa shape index (κ1) is 36.4. The second-order valence-electron chi connectivity index (χ2n) is 15.8. The highest BCUT2D eigenvalue weighted by atomic mass is 32.1. The second kappa shape index (κ2) is 15.2. The maximum absolute atomic E-state index is 2.44. The van der Waals surface area contributed by atoms with Gasteiger partial charge in [-0.05, 0) is 124 Å². The van der Waals surface area contributed by atoms with Crippen LogP contribution in [0.3, 0.4) is 0 Å². The predicted molar refractivity (Wildman–Crippen MR) is 270 cm³/mol. The highest BCUT2D eigenvalue weighted by Crippen LogP contribution is 2.46. The normalized spacial score (nSPS) is 11.5. The third-order valence-electron chi connectivity index (χ3n) is 12.0. The zero-order chi connectivity index (χ0) is 41.0. The third kappa shape index (κ3) is 6.49. The molecule has 0 radical (unpaired) electrons. The van der Waals surface area contributed by atoms with Crippen LogP contribution < -0.4 is 9.80 Å². The van der Waals surface area contributed by atoms with Gasteiger partial charge in [0, 0.05) is 74.5 Å². The van der Waals surface area contributed by atoms with E-state index in [1.54, 1.807) is 0 Å². The second-order valence-corrected chi connectivity index (χ2v) is 17.9. The average Bonchev–Trinajstić information content (AvgIpc) is 3.90. The van der Waals surface area contributed by atoms with Crippen LogP contribution in [-0.2, 0) is 0 Å². The number of para-hydroxylation sites is 1. The fourth-order valence-corrected chi connectivity index (χ4v) is 11.2. The molecule has 2 nitrogen and oxygen atoms in total. The zero-order valence-electron chi connectivity index (χ0n) is 33.7. The van der Waals surface area contributed by atoms with E-state index in [1.807, 2.05) is 22.7 Å². The summed E-state index contributed by atoms with van der Waals surface area (Å²) in [5.41, 5.74) is 11.2. The summed E-state index contributed by atoms with van der Waals surface area (Å²) in [5.74, 6) is 0. The van der Waals surface area contributed by atoms with Gasteiger partial charge in [-0.15, -0.1) is 22.7 Å². The molecule has 12 rings (SSSR count). The molecule has 2 aromatic heterocycles. The molecule has 0 atom stereocenters. The van der Waals surface area contributed by atoms with Gasteiger partial charge in [0.2, 0.25) is 0 Å². The van der Waals surface area contributed by atoms with Crippen LogP contribution in [0.4, 0.5) is 34.1 Å². The Labute approximate surface area is 368 Å². The number of hydrogen-bond acceptors (Lipinski definition) is 4.